The van der Waals surface area contributed by atoms with Crippen molar-refractivity contribution < 1.29 is 0 Å². The van der Waals surface area contributed by atoms with Crippen LogP contribution in [-0.4, -0.2) is 11.0 Å². The Morgan fingerprint density at radius 2 is 0.864 bits per heavy atom. The third kappa shape index (κ3) is 6.72. The van der Waals surface area contributed by atoms with Crippen molar-refractivity contribution in [3.63, 3.8) is 0 Å². The topological polar surface area (TPSA) is 25.2 Å². The first-order valence-electron chi connectivity index (χ1n) is 23.3. The Balaban J connectivity index is 1.17. The molecule has 2 heteroatoms. The van der Waals surface area contributed by atoms with E-state index in [4.69, 9.17) is 4.99 Å². The van der Waals surface area contributed by atoms with Crippen LogP contribution in [0.5, 0.6) is 0 Å². The second-order valence-corrected chi connectivity index (χ2v) is 18.1. The van der Waals surface area contributed by atoms with Gasteiger partial charge in [-0.25, -0.2) is 0 Å². The van der Waals surface area contributed by atoms with Gasteiger partial charge in [0.05, 0.1) is 11.4 Å². The number of benzene rings is 10. The van der Waals surface area contributed by atoms with E-state index in [1.807, 2.05) is 18.5 Å². The van der Waals surface area contributed by atoms with Crippen molar-refractivity contribution in [3.8, 4) is 55.6 Å². The van der Waals surface area contributed by atoms with Gasteiger partial charge in [0.15, 0.2) is 0 Å². The molecule has 0 amide bonds. The van der Waals surface area contributed by atoms with Crippen LogP contribution in [0.4, 0.5) is 0 Å². The number of hydrogen-bond donors (Lipinski definition) is 0. The molecule has 2 nitrogen and oxygen atoms in total. The zero-order valence-electron chi connectivity index (χ0n) is 37.2. The molecule has 3 unspecified atom stereocenters. The lowest BCUT2D eigenvalue weighted by atomic mass is 9.83. The van der Waals surface area contributed by atoms with E-state index in [9.17, 15) is 0 Å². The fourth-order valence-electron chi connectivity index (χ4n) is 11.0. The molecular weight excluding hydrogens is 797 g/mol. The minimum Gasteiger partial charge on any atom is -0.280 e. The molecule has 11 aromatic rings. The van der Waals surface area contributed by atoms with Gasteiger partial charge >= 0.3 is 0 Å². The van der Waals surface area contributed by atoms with E-state index in [-0.39, 0.29) is 12.0 Å². The highest BCUT2D eigenvalue weighted by atomic mass is 14.8. The van der Waals surface area contributed by atoms with Crippen LogP contribution in [0.3, 0.4) is 0 Å². The molecule has 0 aliphatic carbocycles. The predicted molar refractivity (Wildman–Crippen MR) is 279 cm³/mol. The summed E-state index contributed by atoms with van der Waals surface area (Å²) in [4.78, 5) is 10.4. The van der Waals surface area contributed by atoms with Gasteiger partial charge < -0.3 is 0 Å². The summed E-state index contributed by atoms with van der Waals surface area (Å²) in [7, 11) is 0. The minimum atomic E-state index is 0.0456. The normalized spacial score (nSPS) is 15.2. The van der Waals surface area contributed by atoms with Crippen LogP contribution in [0, 0.1) is 5.92 Å². The molecule has 66 heavy (non-hydrogen) atoms. The first kappa shape index (κ1) is 39.6. The van der Waals surface area contributed by atoms with Crippen LogP contribution < -0.4 is 10.6 Å². The lowest BCUT2D eigenvalue weighted by Gasteiger charge is -2.26. The van der Waals surface area contributed by atoms with E-state index in [2.05, 4.69) is 225 Å². The first-order valence-corrected chi connectivity index (χ1v) is 23.3. The fourth-order valence-corrected chi connectivity index (χ4v) is 11.0. The van der Waals surface area contributed by atoms with Crippen molar-refractivity contribution in [2.75, 3.05) is 0 Å². The van der Waals surface area contributed by atoms with Crippen molar-refractivity contribution in [2.45, 2.75) is 32.2 Å². The molecule has 314 valence electrons. The van der Waals surface area contributed by atoms with Crippen LogP contribution in [0.15, 0.2) is 224 Å². The lowest BCUT2D eigenvalue weighted by molar-refractivity contribution is 0.413. The Morgan fingerprint density at radius 3 is 1.33 bits per heavy atom. The van der Waals surface area contributed by atoms with Gasteiger partial charge in [-0.1, -0.05) is 208 Å². The third-order valence-electron chi connectivity index (χ3n) is 14.2. The molecule has 3 atom stereocenters. The summed E-state index contributed by atoms with van der Waals surface area (Å²) in [5.41, 5.74) is 13.4. The van der Waals surface area contributed by atoms with Gasteiger partial charge in [-0.15, -0.1) is 0 Å². The average molecular weight is 845 g/mol. The fraction of sp³-hybridized carbons (Fsp3) is 0.0938. The maximum Gasteiger partial charge on any atom is 0.0726 e. The largest absolute Gasteiger partial charge is 0.280 e. The smallest absolute Gasteiger partial charge is 0.0726 e. The van der Waals surface area contributed by atoms with Crippen molar-refractivity contribution in [1.82, 2.24) is 4.98 Å². The molecular formula is C64H48N2. The maximum absolute atomic E-state index is 6.02. The minimum absolute atomic E-state index is 0.0456. The zero-order valence-corrected chi connectivity index (χ0v) is 37.2. The van der Waals surface area contributed by atoms with Crippen LogP contribution in [0.25, 0.3) is 105 Å². The van der Waals surface area contributed by atoms with Gasteiger partial charge in [0.25, 0.3) is 0 Å². The van der Waals surface area contributed by atoms with Gasteiger partial charge in [0.1, 0.15) is 0 Å². The molecule has 0 N–H and O–H groups in total. The van der Waals surface area contributed by atoms with Crippen LogP contribution in [-0.2, 0) is 0 Å². The standard InChI is InChI=1S/C64H48N2/c1-41-31-32-47-38-49(61-52-25-11-9-23-50(52)59(45-18-5-3-6-19-45)51-24-10-12-26-53(51)61)39-58(64(47)66-63(41)42(2)43-33-35-44(36-34-43)48-22-17-37-65-40-48)62-56-29-15-13-27-54(56)60(46-20-7-4-8-21-46)55-28-14-16-30-57(55)62/h3-30,32-42,63H,31H2,1-2H3. The first-order chi connectivity index (χ1) is 32.6. The summed E-state index contributed by atoms with van der Waals surface area (Å²) in [6.07, 6.45) is 7.17. The summed E-state index contributed by atoms with van der Waals surface area (Å²) in [5.74, 6) is 0.490. The Hall–Kier alpha value is -7.94. The quantitative estimate of drug-likeness (QED) is 0.147. The number of pyridine rings is 1. The van der Waals surface area contributed by atoms with E-state index < -0.39 is 0 Å². The maximum atomic E-state index is 6.02. The molecule has 1 aliphatic rings. The molecule has 0 spiro atoms. The summed E-state index contributed by atoms with van der Waals surface area (Å²) < 4.78 is 0. The molecule has 1 aliphatic heterocycles. The zero-order chi connectivity index (χ0) is 44.1. The Kier molecular flexibility index (Phi) is 9.95. The predicted octanol–water partition coefficient (Wildman–Crippen LogP) is 15.6. The van der Waals surface area contributed by atoms with Crippen molar-refractivity contribution in [3.05, 3.63) is 235 Å². The molecule has 1 aromatic heterocycles. The number of hydrogen-bond acceptors (Lipinski definition) is 2. The molecule has 0 bridgehead atoms. The molecule has 2 heterocycles. The van der Waals surface area contributed by atoms with E-state index in [1.165, 1.54) is 104 Å². The van der Waals surface area contributed by atoms with Gasteiger partial charge in [-0.2, -0.15) is 0 Å². The summed E-state index contributed by atoms with van der Waals surface area (Å²) in [6.45, 7) is 4.76. The number of nitrogens with zero attached hydrogens (tertiary/aromatic N) is 2. The van der Waals surface area contributed by atoms with Gasteiger partial charge in [0, 0.05) is 23.9 Å². The van der Waals surface area contributed by atoms with Crippen LogP contribution in [0.2, 0.25) is 0 Å². The molecule has 0 fully saturated rings. The van der Waals surface area contributed by atoms with Crippen LogP contribution >= 0.6 is 0 Å². The van der Waals surface area contributed by atoms with Crippen molar-refractivity contribution in [2.24, 2.45) is 10.9 Å². The number of rotatable bonds is 7. The summed E-state index contributed by atoms with van der Waals surface area (Å²) >= 11 is 0. The highest BCUT2D eigenvalue weighted by Crippen LogP contribution is 2.46. The van der Waals surface area contributed by atoms with Crippen LogP contribution in [0.1, 0.15) is 31.7 Å². The SMILES string of the molecule is CC1CC=c2cc(-c3c4ccccc4c(-c4ccccc4)c4ccccc34)cc(-c3c4ccccc4c(-c4ccccc4)c4ccccc34)c2=NC1C(C)c1ccc(-c2cccnc2)cc1. The number of fused-ring (bicyclic) bond motifs is 5. The van der Waals surface area contributed by atoms with E-state index in [1.54, 1.807) is 0 Å². The highest BCUT2D eigenvalue weighted by molar-refractivity contribution is 6.23. The van der Waals surface area contributed by atoms with Gasteiger partial charge in [-0.3, -0.25) is 9.98 Å². The average Bonchev–Trinajstić information content (AvgIpc) is 3.55. The Labute approximate surface area is 385 Å². The Morgan fingerprint density at radius 1 is 0.424 bits per heavy atom. The summed E-state index contributed by atoms with van der Waals surface area (Å²) in [5, 5.41) is 12.2. The number of aromatic nitrogens is 1. The van der Waals surface area contributed by atoms with E-state index in [0.29, 0.717) is 5.92 Å². The monoisotopic (exact) mass is 844 g/mol. The van der Waals surface area contributed by atoms with E-state index >= 15 is 0 Å². The van der Waals surface area contributed by atoms with Crippen molar-refractivity contribution in [1.29, 1.82) is 0 Å². The lowest BCUT2D eigenvalue weighted by Crippen LogP contribution is -2.30. The highest BCUT2D eigenvalue weighted by Gasteiger charge is 2.28. The third-order valence-corrected chi connectivity index (χ3v) is 14.2. The Bertz CT molecular complexity index is 3630. The molecule has 0 radical (unpaired) electrons. The second kappa shape index (κ2) is 16.6. The summed E-state index contributed by atoms with van der Waals surface area (Å²) in [6, 6.07) is 76.0. The van der Waals surface area contributed by atoms with Crippen molar-refractivity contribution >= 4 is 49.2 Å². The van der Waals surface area contributed by atoms with E-state index in [0.717, 1.165) is 17.3 Å². The molecule has 10 aromatic carbocycles. The molecule has 0 saturated carbocycles. The second-order valence-electron chi connectivity index (χ2n) is 18.1. The van der Waals surface area contributed by atoms with Gasteiger partial charge in [-0.05, 0) is 134 Å². The van der Waals surface area contributed by atoms with Gasteiger partial charge in [0.2, 0.25) is 0 Å². The molecule has 12 rings (SSSR count). The molecule has 0 saturated heterocycles.